The molecule has 0 bridgehead atoms. The van der Waals surface area contributed by atoms with Crippen molar-refractivity contribution in [1.82, 2.24) is 5.32 Å². The van der Waals surface area contributed by atoms with Gasteiger partial charge in [0.25, 0.3) is 0 Å². The summed E-state index contributed by atoms with van der Waals surface area (Å²) in [7, 11) is 0. The third-order valence-corrected chi connectivity index (χ3v) is 2.12. The minimum Gasteiger partial charge on any atom is -0.392 e. The second-order valence-electron chi connectivity index (χ2n) is 3.22. The standard InChI is InChI=1S/C10H13ClFNO/c1-7(14)5-13-6-8-2-3-9(12)4-10(8)11/h2-4,7,13-14H,5-6H2,1H3/t7-/m0/s1. The molecule has 0 radical (unpaired) electrons. The zero-order chi connectivity index (χ0) is 10.6. The molecule has 0 aliphatic heterocycles. The molecule has 1 atom stereocenters. The van der Waals surface area contributed by atoms with Crippen molar-refractivity contribution in [2.45, 2.75) is 19.6 Å². The summed E-state index contributed by atoms with van der Waals surface area (Å²) in [4.78, 5) is 0. The Labute approximate surface area is 87.7 Å². The Balaban J connectivity index is 2.51. The summed E-state index contributed by atoms with van der Waals surface area (Å²) in [6.45, 7) is 2.72. The molecular weight excluding hydrogens is 205 g/mol. The van der Waals surface area contributed by atoms with Crippen LogP contribution in [0.4, 0.5) is 4.39 Å². The molecule has 0 aliphatic carbocycles. The fourth-order valence-electron chi connectivity index (χ4n) is 1.08. The van der Waals surface area contributed by atoms with Gasteiger partial charge in [0, 0.05) is 18.1 Å². The van der Waals surface area contributed by atoms with Crippen molar-refractivity contribution in [2.24, 2.45) is 0 Å². The molecule has 2 nitrogen and oxygen atoms in total. The van der Waals surface area contributed by atoms with Gasteiger partial charge >= 0.3 is 0 Å². The molecule has 0 amide bonds. The lowest BCUT2D eigenvalue weighted by Crippen LogP contribution is -2.23. The van der Waals surface area contributed by atoms with E-state index in [0.717, 1.165) is 5.56 Å². The van der Waals surface area contributed by atoms with Gasteiger partial charge in [-0.3, -0.25) is 0 Å². The van der Waals surface area contributed by atoms with E-state index in [-0.39, 0.29) is 5.82 Å². The van der Waals surface area contributed by atoms with E-state index in [1.54, 1.807) is 13.0 Å². The van der Waals surface area contributed by atoms with Crippen molar-refractivity contribution < 1.29 is 9.50 Å². The molecule has 0 saturated heterocycles. The summed E-state index contributed by atoms with van der Waals surface area (Å²) in [5.74, 6) is -0.339. The van der Waals surface area contributed by atoms with Gasteiger partial charge in [0.1, 0.15) is 5.82 Å². The van der Waals surface area contributed by atoms with Crippen LogP contribution in [0.15, 0.2) is 18.2 Å². The quantitative estimate of drug-likeness (QED) is 0.808. The molecule has 0 saturated carbocycles. The summed E-state index contributed by atoms with van der Waals surface area (Å²) in [6, 6.07) is 4.28. The second-order valence-corrected chi connectivity index (χ2v) is 3.62. The number of rotatable bonds is 4. The Morgan fingerprint density at radius 2 is 2.29 bits per heavy atom. The average Bonchev–Trinajstić information content (AvgIpc) is 2.08. The van der Waals surface area contributed by atoms with Gasteiger partial charge in [-0.2, -0.15) is 0 Å². The Morgan fingerprint density at radius 1 is 1.57 bits per heavy atom. The van der Waals surface area contributed by atoms with Crippen LogP contribution in [0.2, 0.25) is 5.02 Å². The van der Waals surface area contributed by atoms with Crippen molar-refractivity contribution in [3.63, 3.8) is 0 Å². The lowest BCUT2D eigenvalue weighted by Gasteiger charge is -2.08. The predicted molar refractivity (Wildman–Crippen MR) is 54.8 cm³/mol. The van der Waals surface area contributed by atoms with Crippen LogP contribution in [0.5, 0.6) is 0 Å². The highest BCUT2D eigenvalue weighted by Gasteiger charge is 2.02. The molecular formula is C10H13ClFNO. The van der Waals surface area contributed by atoms with Crippen LogP contribution < -0.4 is 5.32 Å². The van der Waals surface area contributed by atoms with Crippen molar-refractivity contribution >= 4 is 11.6 Å². The van der Waals surface area contributed by atoms with E-state index >= 15 is 0 Å². The molecule has 0 fully saturated rings. The van der Waals surface area contributed by atoms with E-state index in [0.29, 0.717) is 18.1 Å². The fourth-order valence-corrected chi connectivity index (χ4v) is 1.31. The molecule has 0 unspecified atom stereocenters. The van der Waals surface area contributed by atoms with Crippen LogP contribution in [-0.4, -0.2) is 17.8 Å². The second kappa shape index (κ2) is 5.29. The molecule has 0 heterocycles. The number of hydrogen-bond acceptors (Lipinski definition) is 2. The van der Waals surface area contributed by atoms with Crippen molar-refractivity contribution in [3.8, 4) is 0 Å². The number of nitrogens with one attached hydrogen (secondary N) is 1. The largest absolute Gasteiger partial charge is 0.392 e. The van der Waals surface area contributed by atoms with Crippen LogP contribution in [0.1, 0.15) is 12.5 Å². The van der Waals surface area contributed by atoms with Gasteiger partial charge in [0.2, 0.25) is 0 Å². The van der Waals surface area contributed by atoms with Crippen molar-refractivity contribution in [3.05, 3.63) is 34.6 Å². The highest BCUT2D eigenvalue weighted by Crippen LogP contribution is 2.16. The SMILES string of the molecule is C[C@H](O)CNCc1ccc(F)cc1Cl. The summed E-state index contributed by atoms with van der Waals surface area (Å²) >= 11 is 5.80. The lowest BCUT2D eigenvalue weighted by atomic mass is 10.2. The van der Waals surface area contributed by atoms with Crippen LogP contribution in [-0.2, 0) is 6.54 Å². The Morgan fingerprint density at radius 3 is 2.86 bits per heavy atom. The Hall–Kier alpha value is -0.640. The maximum atomic E-state index is 12.7. The number of aliphatic hydroxyl groups excluding tert-OH is 1. The van der Waals surface area contributed by atoms with Crippen LogP contribution in [0, 0.1) is 5.82 Å². The molecule has 1 rings (SSSR count). The van der Waals surface area contributed by atoms with E-state index in [9.17, 15) is 4.39 Å². The fraction of sp³-hybridized carbons (Fsp3) is 0.400. The van der Waals surface area contributed by atoms with Crippen LogP contribution in [0.3, 0.4) is 0 Å². The summed E-state index contributed by atoms with van der Waals surface area (Å²) in [6.07, 6.45) is -0.394. The first kappa shape index (κ1) is 11.4. The van der Waals surface area contributed by atoms with Gasteiger partial charge in [-0.25, -0.2) is 4.39 Å². The molecule has 78 valence electrons. The number of halogens is 2. The van der Waals surface area contributed by atoms with E-state index in [4.69, 9.17) is 16.7 Å². The minimum atomic E-state index is -0.394. The predicted octanol–water partition coefficient (Wildman–Crippen LogP) is 1.95. The van der Waals surface area contributed by atoms with E-state index in [1.807, 2.05) is 0 Å². The van der Waals surface area contributed by atoms with Gasteiger partial charge in [-0.1, -0.05) is 17.7 Å². The zero-order valence-electron chi connectivity index (χ0n) is 7.93. The monoisotopic (exact) mass is 217 g/mol. The number of hydrogen-bond donors (Lipinski definition) is 2. The summed E-state index contributed by atoms with van der Waals surface area (Å²) < 4.78 is 12.7. The smallest absolute Gasteiger partial charge is 0.124 e. The first-order chi connectivity index (χ1) is 6.59. The molecule has 0 spiro atoms. The highest BCUT2D eigenvalue weighted by atomic mass is 35.5. The van der Waals surface area contributed by atoms with Crippen LogP contribution >= 0.6 is 11.6 Å². The average molecular weight is 218 g/mol. The first-order valence-corrected chi connectivity index (χ1v) is 4.80. The van der Waals surface area contributed by atoms with Gasteiger partial charge in [0.05, 0.1) is 6.10 Å². The summed E-state index contributed by atoms with van der Waals surface area (Å²) in [5, 5.41) is 12.4. The molecule has 1 aromatic rings. The number of benzene rings is 1. The van der Waals surface area contributed by atoms with Gasteiger partial charge < -0.3 is 10.4 Å². The highest BCUT2D eigenvalue weighted by molar-refractivity contribution is 6.31. The van der Waals surface area contributed by atoms with Gasteiger partial charge in [0.15, 0.2) is 0 Å². The summed E-state index contributed by atoms with van der Waals surface area (Å²) in [5.41, 5.74) is 0.828. The van der Waals surface area contributed by atoms with Gasteiger partial charge in [-0.05, 0) is 24.6 Å². The molecule has 1 aromatic carbocycles. The van der Waals surface area contributed by atoms with Gasteiger partial charge in [-0.15, -0.1) is 0 Å². The molecule has 2 N–H and O–H groups in total. The molecule has 0 aromatic heterocycles. The first-order valence-electron chi connectivity index (χ1n) is 4.42. The molecule has 0 aliphatic rings. The van der Waals surface area contributed by atoms with E-state index in [2.05, 4.69) is 5.32 Å². The lowest BCUT2D eigenvalue weighted by molar-refractivity contribution is 0.191. The molecule has 4 heteroatoms. The maximum absolute atomic E-state index is 12.7. The third kappa shape index (κ3) is 3.62. The van der Waals surface area contributed by atoms with Crippen molar-refractivity contribution in [1.29, 1.82) is 0 Å². The van der Waals surface area contributed by atoms with E-state index in [1.165, 1.54) is 12.1 Å². The Bertz CT molecular complexity index is 304. The molecule has 14 heavy (non-hydrogen) atoms. The van der Waals surface area contributed by atoms with E-state index < -0.39 is 6.10 Å². The number of aliphatic hydroxyl groups is 1. The normalized spacial score (nSPS) is 12.9. The topological polar surface area (TPSA) is 32.3 Å². The van der Waals surface area contributed by atoms with Crippen molar-refractivity contribution in [2.75, 3.05) is 6.54 Å². The Kier molecular flexibility index (Phi) is 4.32. The van der Waals surface area contributed by atoms with Crippen LogP contribution in [0.25, 0.3) is 0 Å². The third-order valence-electron chi connectivity index (χ3n) is 1.77. The zero-order valence-corrected chi connectivity index (χ0v) is 8.68. The maximum Gasteiger partial charge on any atom is 0.124 e. The minimum absolute atomic E-state index is 0.339.